The van der Waals surface area contributed by atoms with Gasteiger partial charge in [-0.1, -0.05) is 20.8 Å². The molecular formula is C12H24Al2O9. The zero-order valence-corrected chi connectivity index (χ0v) is 16.8. The molecule has 0 aliphatic heterocycles. The summed E-state index contributed by atoms with van der Waals surface area (Å²) < 4.78 is 0. The normalized spacial score (nSPS) is 5.61. The van der Waals surface area contributed by atoms with Gasteiger partial charge in [-0.25, -0.2) is 0 Å². The summed E-state index contributed by atoms with van der Waals surface area (Å²) in [5.41, 5.74) is 0. The third-order valence-electron chi connectivity index (χ3n) is 0. The van der Waals surface area contributed by atoms with Crippen LogP contribution in [0, 0.1) is 0 Å². The largest absolute Gasteiger partial charge is 3.00 e. The molecule has 0 amide bonds. The average molecular weight is 366 g/mol. The van der Waals surface area contributed by atoms with E-state index in [9.17, 15) is 0 Å². The maximum absolute atomic E-state index is 8.93. The Kier molecular flexibility index (Phi) is 148. The number of rotatable bonds is 0. The third kappa shape index (κ3) is 19200. The zero-order chi connectivity index (χ0) is 18.9. The van der Waals surface area contributed by atoms with Crippen molar-refractivity contribution in [3.05, 3.63) is 0 Å². The van der Waals surface area contributed by atoms with Gasteiger partial charge in [0.05, 0.1) is 0 Å². The van der Waals surface area contributed by atoms with E-state index >= 15 is 0 Å². The molecule has 9 nitrogen and oxygen atoms in total. The number of carboxylic acid groups (broad SMARTS) is 3. The second kappa shape index (κ2) is 68.6. The zero-order valence-electron chi connectivity index (χ0n) is 14.5. The van der Waals surface area contributed by atoms with Crippen molar-refractivity contribution in [2.24, 2.45) is 0 Å². The molecule has 0 unspecified atom stereocenters. The van der Waals surface area contributed by atoms with Crippen molar-refractivity contribution in [1.82, 2.24) is 0 Å². The van der Waals surface area contributed by atoms with Gasteiger partial charge in [0, 0.05) is 17.9 Å². The average Bonchev–Trinajstić information content (AvgIpc) is 2.16. The Morgan fingerprint density at radius 3 is 0.565 bits per heavy atom. The fraction of sp³-hybridized carbons (Fsp3) is 0.750. The van der Waals surface area contributed by atoms with Crippen LogP contribution in [0.3, 0.4) is 0 Å². The van der Waals surface area contributed by atoms with Crippen LogP contribution in [0.5, 0.6) is 0 Å². The van der Waals surface area contributed by atoms with E-state index in [1.807, 2.05) is 0 Å². The second-order valence-electron chi connectivity index (χ2n) is 2.34. The molecule has 0 saturated carbocycles. The molecule has 23 heavy (non-hydrogen) atoms. The minimum Gasteiger partial charge on any atom is -0.855 e. The van der Waals surface area contributed by atoms with Crippen LogP contribution in [0.2, 0.25) is 0 Å². The molecule has 0 fully saturated rings. The van der Waals surface area contributed by atoms with E-state index in [0.717, 1.165) is 20.8 Å². The van der Waals surface area contributed by atoms with Crippen LogP contribution in [0.4, 0.5) is 0 Å². The van der Waals surface area contributed by atoms with Crippen LogP contribution in [-0.4, -0.2) is 72.5 Å². The second-order valence-corrected chi connectivity index (χ2v) is 2.34. The first-order valence-electron chi connectivity index (χ1n) is 5.71. The summed E-state index contributed by atoms with van der Waals surface area (Å²) in [6, 6.07) is 0. The fourth-order valence-electron chi connectivity index (χ4n) is 0. The van der Waals surface area contributed by atoms with Gasteiger partial charge < -0.3 is 45.0 Å². The van der Waals surface area contributed by atoms with Gasteiger partial charge in [0.25, 0.3) is 0 Å². The molecule has 0 aliphatic rings. The van der Waals surface area contributed by atoms with E-state index in [0.29, 0.717) is 0 Å². The first kappa shape index (κ1) is 49.5. The van der Waals surface area contributed by atoms with Gasteiger partial charge in [-0.2, -0.15) is 0 Å². The van der Waals surface area contributed by atoms with Gasteiger partial charge in [0.15, 0.2) is 0 Å². The van der Waals surface area contributed by atoms with E-state index in [-0.39, 0.29) is 54.5 Å². The molecule has 0 rings (SSSR count). The molecule has 132 valence electrons. The number of carbonyl (C=O) groups excluding carboxylic acids is 3. The summed E-state index contributed by atoms with van der Waals surface area (Å²) in [7, 11) is 0. The molecular weight excluding hydrogens is 342 g/mol. The molecule has 0 N–H and O–H groups in total. The molecule has 0 saturated heterocycles. The Morgan fingerprint density at radius 2 is 0.565 bits per heavy atom. The van der Waals surface area contributed by atoms with E-state index < -0.39 is 17.9 Å². The van der Waals surface area contributed by atoms with Gasteiger partial charge in [-0.15, -0.1) is 19.8 Å². The van der Waals surface area contributed by atoms with Crippen molar-refractivity contribution in [1.29, 1.82) is 0 Å². The molecule has 0 aromatic carbocycles. The molecule has 0 bridgehead atoms. The first-order chi connectivity index (χ1) is 9.44. The molecule has 0 radical (unpaired) electrons. The number of hydrogen-bond donors (Lipinski definition) is 0. The van der Waals surface area contributed by atoms with Crippen LogP contribution in [0.1, 0.15) is 41.5 Å². The maximum atomic E-state index is 8.93. The van der Waals surface area contributed by atoms with Crippen molar-refractivity contribution in [2.75, 3.05) is 19.8 Å². The summed E-state index contributed by atoms with van der Waals surface area (Å²) in [4.78, 5) is 26.7. The van der Waals surface area contributed by atoms with Gasteiger partial charge in [-0.3, -0.25) is 0 Å². The number of carboxylic acids is 3. The molecule has 0 heterocycles. The van der Waals surface area contributed by atoms with Crippen LogP contribution >= 0.6 is 0 Å². The van der Waals surface area contributed by atoms with Gasteiger partial charge in [-0.05, 0) is 20.8 Å². The Balaban J connectivity index is -0.0000000193. The fourth-order valence-corrected chi connectivity index (χ4v) is 0. The smallest absolute Gasteiger partial charge is 0.855 e. The summed E-state index contributed by atoms with van der Waals surface area (Å²) in [6.45, 7) is 7.62. The van der Waals surface area contributed by atoms with Gasteiger partial charge in [0.1, 0.15) is 0 Å². The van der Waals surface area contributed by atoms with E-state index in [2.05, 4.69) is 0 Å². The van der Waals surface area contributed by atoms with E-state index in [1.54, 1.807) is 20.8 Å². The first-order valence-corrected chi connectivity index (χ1v) is 5.71. The van der Waals surface area contributed by atoms with Crippen molar-refractivity contribution >= 4 is 52.6 Å². The Bertz CT molecular complexity index is 158. The minimum absolute atomic E-state index is 0. The van der Waals surface area contributed by atoms with E-state index in [4.69, 9.17) is 45.0 Å². The van der Waals surface area contributed by atoms with E-state index in [1.165, 1.54) is 0 Å². The quantitative estimate of drug-likeness (QED) is 0.375. The summed E-state index contributed by atoms with van der Waals surface area (Å²) in [5, 5.41) is 53.5. The maximum Gasteiger partial charge on any atom is 3.00 e. The SMILES string of the molecule is CC(=O)[O-].CC(=O)[O-].CC(=O)[O-].CC[O-].CC[O-].CC[O-].[Al+3].[Al+3]. The summed E-state index contributed by atoms with van der Waals surface area (Å²) in [5.74, 6) is -3.25. The minimum atomic E-state index is -1.08. The van der Waals surface area contributed by atoms with Crippen molar-refractivity contribution < 1.29 is 45.0 Å². The van der Waals surface area contributed by atoms with Gasteiger partial charge in [0.2, 0.25) is 0 Å². The van der Waals surface area contributed by atoms with Crippen molar-refractivity contribution in [2.45, 2.75) is 41.5 Å². The number of carbonyl (C=O) groups is 3. The number of aliphatic carboxylic acids is 3. The molecule has 0 aliphatic carbocycles. The molecule has 0 spiro atoms. The van der Waals surface area contributed by atoms with Gasteiger partial charge >= 0.3 is 34.7 Å². The van der Waals surface area contributed by atoms with Crippen molar-refractivity contribution in [3.63, 3.8) is 0 Å². The predicted octanol–water partition coefficient (Wildman–Crippen LogP) is -6.39. The molecule has 0 aromatic rings. The number of hydrogen-bond acceptors (Lipinski definition) is 9. The Hall–Kier alpha value is -0.645. The van der Waals surface area contributed by atoms with Crippen LogP contribution in [0.15, 0.2) is 0 Å². The predicted molar refractivity (Wildman–Crippen MR) is 75.2 cm³/mol. The standard InChI is InChI=1S/3C2H4O2.3C2H5O.2Al/c3*1-2(3)4;3*1-2-3;;/h3*1H3,(H,3,4);3*2H2,1H3;;/q;;;3*-1;2*+3/p-3. The van der Waals surface area contributed by atoms with Crippen molar-refractivity contribution in [3.8, 4) is 0 Å². The monoisotopic (exact) mass is 366 g/mol. The third-order valence-corrected chi connectivity index (χ3v) is 0. The Morgan fingerprint density at radius 1 is 0.565 bits per heavy atom. The summed E-state index contributed by atoms with van der Waals surface area (Å²) >= 11 is 0. The topological polar surface area (TPSA) is 190 Å². The Labute approximate surface area is 159 Å². The van der Waals surface area contributed by atoms with Crippen LogP contribution in [0.25, 0.3) is 0 Å². The molecule has 0 aromatic heterocycles. The molecule has 11 heteroatoms. The van der Waals surface area contributed by atoms with Crippen LogP contribution < -0.4 is 30.6 Å². The van der Waals surface area contributed by atoms with Crippen LogP contribution in [-0.2, 0) is 14.4 Å². The molecule has 0 atom stereocenters. The summed E-state index contributed by atoms with van der Waals surface area (Å²) in [6.07, 6.45) is 0.